The van der Waals surface area contributed by atoms with Gasteiger partial charge in [0.25, 0.3) is 5.91 Å². The van der Waals surface area contributed by atoms with Crippen molar-refractivity contribution in [2.45, 2.75) is 25.0 Å². The van der Waals surface area contributed by atoms with Gasteiger partial charge in [-0.15, -0.1) is 0 Å². The molecule has 1 N–H and O–H groups in total. The van der Waals surface area contributed by atoms with Gasteiger partial charge in [-0.3, -0.25) is 9.63 Å². The summed E-state index contributed by atoms with van der Waals surface area (Å²) in [6.07, 6.45) is -2.70. The van der Waals surface area contributed by atoms with Crippen LogP contribution in [0.5, 0.6) is 0 Å². The van der Waals surface area contributed by atoms with Crippen molar-refractivity contribution in [3.05, 3.63) is 35.8 Å². The number of halogens is 3. The second kappa shape index (κ2) is 8.32. The summed E-state index contributed by atoms with van der Waals surface area (Å²) in [5.41, 5.74) is 1.01. The Bertz CT molecular complexity index is 1530. The largest absolute Gasteiger partial charge is 0.417 e. The van der Waals surface area contributed by atoms with Gasteiger partial charge >= 0.3 is 6.18 Å². The van der Waals surface area contributed by atoms with Gasteiger partial charge in [-0.25, -0.2) is 33.4 Å². The molecule has 0 radical (unpaired) electrons. The quantitative estimate of drug-likeness (QED) is 0.401. The number of sulfone groups is 1. The zero-order valence-electron chi connectivity index (χ0n) is 18.1. The Morgan fingerprint density at radius 3 is 2.59 bits per heavy atom. The van der Waals surface area contributed by atoms with Gasteiger partial charge in [0.1, 0.15) is 22.6 Å². The number of fused-ring (bicyclic) bond motifs is 2. The highest BCUT2D eigenvalue weighted by Gasteiger charge is 2.33. The number of aryl methyl sites for hydroxylation is 1. The predicted octanol–water partition coefficient (Wildman–Crippen LogP) is 2.17. The SMILES string of the molecule is CCONC(=O)c1ccnc2c(-c3nc4cc(C(F)(F)F)cnc4n3C)c(S(=O)(=O)CC)nn12. The highest BCUT2D eigenvalue weighted by atomic mass is 32.2. The fourth-order valence-electron chi connectivity index (χ4n) is 3.29. The maximum absolute atomic E-state index is 13.2. The first-order chi connectivity index (χ1) is 16.0. The molecule has 4 aromatic heterocycles. The minimum atomic E-state index is -4.63. The molecular weight excluding hydrogens is 479 g/mol. The van der Waals surface area contributed by atoms with Gasteiger partial charge < -0.3 is 4.57 Å². The summed E-state index contributed by atoms with van der Waals surface area (Å²) in [7, 11) is -2.50. The summed E-state index contributed by atoms with van der Waals surface area (Å²) in [6, 6.07) is 2.13. The van der Waals surface area contributed by atoms with Crippen LogP contribution in [0.25, 0.3) is 28.2 Å². The zero-order chi connectivity index (χ0) is 24.8. The number of nitrogens with zero attached hydrogens (tertiary/aromatic N) is 6. The third-order valence-corrected chi connectivity index (χ3v) is 6.60. The molecule has 0 aliphatic carbocycles. The van der Waals surface area contributed by atoms with Gasteiger partial charge in [-0.05, 0) is 19.1 Å². The van der Waals surface area contributed by atoms with E-state index in [2.05, 4.69) is 25.5 Å². The van der Waals surface area contributed by atoms with Gasteiger partial charge in [-0.1, -0.05) is 6.92 Å². The Balaban J connectivity index is 2.03. The zero-order valence-corrected chi connectivity index (χ0v) is 18.9. The van der Waals surface area contributed by atoms with Gasteiger partial charge in [0, 0.05) is 19.4 Å². The fraction of sp³-hybridized carbons (Fsp3) is 0.316. The third-order valence-electron chi connectivity index (χ3n) is 4.96. The lowest BCUT2D eigenvalue weighted by molar-refractivity contribution is -0.137. The molecule has 0 saturated carbocycles. The van der Waals surface area contributed by atoms with E-state index in [9.17, 15) is 26.4 Å². The third kappa shape index (κ3) is 3.86. The molecule has 34 heavy (non-hydrogen) atoms. The van der Waals surface area contributed by atoms with E-state index in [1.54, 1.807) is 6.92 Å². The van der Waals surface area contributed by atoms with Gasteiger partial charge in [-0.2, -0.15) is 18.3 Å². The van der Waals surface area contributed by atoms with Crippen molar-refractivity contribution in [2.75, 3.05) is 12.4 Å². The maximum Gasteiger partial charge on any atom is 0.417 e. The number of rotatable bonds is 6. The van der Waals surface area contributed by atoms with Gasteiger partial charge in [0.2, 0.25) is 0 Å². The molecular formula is C19H18F3N7O4S. The van der Waals surface area contributed by atoms with E-state index in [4.69, 9.17) is 4.84 Å². The summed E-state index contributed by atoms with van der Waals surface area (Å²) in [4.78, 5) is 29.7. The molecule has 4 rings (SSSR count). The molecule has 0 atom stereocenters. The minimum Gasteiger partial charge on any atom is -0.312 e. The van der Waals surface area contributed by atoms with E-state index in [-0.39, 0.29) is 46.3 Å². The first-order valence-electron chi connectivity index (χ1n) is 9.92. The van der Waals surface area contributed by atoms with Crippen LogP contribution in [0.3, 0.4) is 0 Å². The van der Waals surface area contributed by atoms with Crippen molar-refractivity contribution >= 4 is 32.6 Å². The number of hydrogen-bond acceptors (Lipinski definition) is 8. The van der Waals surface area contributed by atoms with Crippen molar-refractivity contribution in [1.29, 1.82) is 0 Å². The normalized spacial score (nSPS) is 12.5. The number of imidazole rings is 1. The topological polar surface area (TPSA) is 133 Å². The van der Waals surface area contributed by atoms with Crippen molar-refractivity contribution < 1.29 is 31.2 Å². The molecule has 0 spiro atoms. The lowest BCUT2D eigenvalue weighted by Gasteiger charge is -2.06. The number of hydroxylamine groups is 1. The van der Waals surface area contributed by atoms with Crippen molar-refractivity contribution in [1.82, 2.24) is 34.6 Å². The molecule has 1 amide bonds. The molecule has 0 aliphatic rings. The van der Waals surface area contributed by atoms with Gasteiger partial charge in [0.05, 0.1) is 17.9 Å². The number of alkyl halides is 3. The average molecular weight is 497 g/mol. The Kier molecular flexibility index (Phi) is 5.77. The Hall–Kier alpha value is -3.59. The highest BCUT2D eigenvalue weighted by molar-refractivity contribution is 7.91. The molecule has 0 aliphatic heterocycles. The number of nitrogens with one attached hydrogen (secondary N) is 1. The number of aromatic nitrogens is 6. The summed E-state index contributed by atoms with van der Waals surface area (Å²) in [5, 5.41) is 3.70. The monoisotopic (exact) mass is 497 g/mol. The van der Waals surface area contributed by atoms with E-state index in [1.165, 1.54) is 30.8 Å². The Labute approximate surface area is 190 Å². The highest BCUT2D eigenvalue weighted by Crippen LogP contribution is 2.34. The molecule has 4 aromatic rings. The van der Waals surface area contributed by atoms with E-state index >= 15 is 0 Å². The number of amides is 1. The van der Waals surface area contributed by atoms with Crippen LogP contribution in [0, 0.1) is 0 Å². The molecule has 0 saturated heterocycles. The molecule has 11 nitrogen and oxygen atoms in total. The number of carbonyl (C=O) groups excluding carboxylic acids is 1. The molecule has 0 unspecified atom stereocenters. The standard InChI is InChI=1S/C19H18F3N7O4S/c1-4-33-27-17(30)12-6-7-23-15-13(18(26-29(12)15)34(31,32)5-2)16-25-11-8-10(19(20,21)22)9-24-14(11)28(16)3/h6-9H,4-5H2,1-3H3,(H,27,30). The first-order valence-corrected chi connectivity index (χ1v) is 11.6. The lowest BCUT2D eigenvalue weighted by Crippen LogP contribution is -2.26. The fourth-order valence-corrected chi connectivity index (χ4v) is 4.27. The predicted molar refractivity (Wildman–Crippen MR) is 112 cm³/mol. The van der Waals surface area contributed by atoms with E-state index in [1.807, 2.05) is 0 Å². The molecule has 0 bridgehead atoms. The summed E-state index contributed by atoms with van der Waals surface area (Å²) in [6.45, 7) is 3.25. The molecule has 4 heterocycles. The number of pyridine rings is 1. The van der Waals surface area contributed by atoms with Crippen LogP contribution in [0.4, 0.5) is 13.2 Å². The van der Waals surface area contributed by atoms with Gasteiger partial charge in [0.15, 0.2) is 26.2 Å². The van der Waals surface area contributed by atoms with E-state index in [0.29, 0.717) is 6.20 Å². The van der Waals surface area contributed by atoms with Crippen LogP contribution in [0.1, 0.15) is 29.9 Å². The molecule has 0 fully saturated rings. The lowest BCUT2D eigenvalue weighted by atomic mass is 10.2. The van der Waals surface area contributed by atoms with E-state index < -0.39 is 32.5 Å². The van der Waals surface area contributed by atoms with E-state index in [0.717, 1.165) is 10.6 Å². The second-order valence-corrected chi connectivity index (χ2v) is 9.27. The van der Waals surface area contributed by atoms with Crippen molar-refractivity contribution in [3.63, 3.8) is 0 Å². The number of carbonyl (C=O) groups is 1. The van der Waals surface area contributed by atoms with Crippen LogP contribution in [-0.4, -0.2) is 55.8 Å². The smallest absolute Gasteiger partial charge is 0.312 e. The van der Waals surface area contributed by atoms with Crippen LogP contribution in [0.15, 0.2) is 29.6 Å². The van der Waals surface area contributed by atoms with Crippen molar-refractivity contribution in [3.8, 4) is 11.4 Å². The summed E-state index contributed by atoms with van der Waals surface area (Å²) in [5.74, 6) is -1.06. The maximum atomic E-state index is 13.2. The molecule has 0 aromatic carbocycles. The summed E-state index contributed by atoms with van der Waals surface area (Å²) < 4.78 is 67.6. The molecule has 180 valence electrons. The summed E-state index contributed by atoms with van der Waals surface area (Å²) >= 11 is 0. The molecule has 15 heteroatoms. The van der Waals surface area contributed by atoms with Crippen LogP contribution < -0.4 is 5.48 Å². The minimum absolute atomic E-state index is 0.0290. The van der Waals surface area contributed by atoms with Crippen molar-refractivity contribution in [2.24, 2.45) is 7.05 Å². The average Bonchev–Trinajstić information content (AvgIpc) is 3.34. The van der Waals surface area contributed by atoms with Crippen LogP contribution in [0.2, 0.25) is 0 Å². The van der Waals surface area contributed by atoms with Crippen LogP contribution >= 0.6 is 0 Å². The number of hydrogen-bond donors (Lipinski definition) is 1. The second-order valence-electron chi connectivity index (χ2n) is 7.07. The van der Waals surface area contributed by atoms with Crippen LogP contribution in [-0.2, 0) is 27.9 Å². The Morgan fingerprint density at radius 1 is 1.21 bits per heavy atom. The first kappa shape index (κ1) is 23.6. The Morgan fingerprint density at radius 2 is 1.94 bits per heavy atom.